The van der Waals surface area contributed by atoms with Crippen LogP contribution in [-0.4, -0.2) is 44.9 Å². The Labute approximate surface area is 170 Å². The highest BCUT2D eigenvalue weighted by molar-refractivity contribution is 7.92. The number of hydrogen-bond donors (Lipinski definition) is 2. The lowest BCUT2D eigenvalue weighted by Crippen LogP contribution is -2.52. The first kappa shape index (κ1) is 21.5. The molecular weight excluding hydrogens is 409 g/mol. The fraction of sp³-hybridized carbons (Fsp3) is 0.278. The van der Waals surface area contributed by atoms with Crippen molar-refractivity contribution in [3.05, 3.63) is 59.1 Å². The van der Waals surface area contributed by atoms with E-state index in [9.17, 15) is 13.2 Å². The normalized spacial score (nSPS) is 17.1. The molecule has 3 rings (SSSR count). The van der Waals surface area contributed by atoms with Gasteiger partial charge in [-0.2, -0.15) is 0 Å². The number of nitrogens with zero attached hydrogens (tertiary/aromatic N) is 1. The van der Waals surface area contributed by atoms with Crippen LogP contribution in [0.1, 0.15) is 17.3 Å². The van der Waals surface area contributed by atoms with E-state index in [0.29, 0.717) is 22.8 Å². The summed E-state index contributed by atoms with van der Waals surface area (Å²) in [6.07, 6.45) is 0. The van der Waals surface area contributed by atoms with Gasteiger partial charge in [0.2, 0.25) is 0 Å². The van der Waals surface area contributed by atoms with Crippen LogP contribution >= 0.6 is 24.0 Å². The van der Waals surface area contributed by atoms with Crippen LogP contribution in [0.4, 0.5) is 5.69 Å². The summed E-state index contributed by atoms with van der Waals surface area (Å²) in [6, 6.07) is 12.5. The van der Waals surface area contributed by atoms with Gasteiger partial charge in [0, 0.05) is 41.9 Å². The Morgan fingerprint density at radius 1 is 1.15 bits per heavy atom. The number of amides is 1. The molecule has 0 radical (unpaired) electrons. The number of piperazine rings is 1. The van der Waals surface area contributed by atoms with Gasteiger partial charge in [-0.3, -0.25) is 9.52 Å². The van der Waals surface area contributed by atoms with Gasteiger partial charge in [-0.15, -0.1) is 12.4 Å². The monoisotopic (exact) mass is 429 g/mol. The molecule has 0 bridgehead atoms. The molecule has 1 saturated heterocycles. The topological polar surface area (TPSA) is 78.5 Å². The average Bonchev–Trinajstić information content (AvgIpc) is 2.63. The second-order valence-corrected chi connectivity index (χ2v) is 8.31. The van der Waals surface area contributed by atoms with Gasteiger partial charge in [0.1, 0.15) is 0 Å². The summed E-state index contributed by atoms with van der Waals surface area (Å²) in [5.41, 5.74) is 0.897. The third kappa shape index (κ3) is 5.13. The average molecular weight is 430 g/mol. The summed E-state index contributed by atoms with van der Waals surface area (Å²) in [5.74, 6) is -0.0893. The van der Waals surface area contributed by atoms with Crippen LogP contribution in [0.25, 0.3) is 0 Å². The van der Waals surface area contributed by atoms with E-state index in [0.717, 1.165) is 13.1 Å². The van der Waals surface area contributed by atoms with E-state index in [1.54, 1.807) is 41.3 Å². The summed E-state index contributed by atoms with van der Waals surface area (Å²) < 4.78 is 27.4. The summed E-state index contributed by atoms with van der Waals surface area (Å²) in [7, 11) is -3.73. The smallest absolute Gasteiger partial charge is 0.261 e. The van der Waals surface area contributed by atoms with E-state index in [1.807, 2.05) is 6.92 Å². The van der Waals surface area contributed by atoms with Crippen LogP contribution in [0.15, 0.2) is 53.4 Å². The van der Waals surface area contributed by atoms with E-state index in [4.69, 9.17) is 11.6 Å². The van der Waals surface area contributed by atoms with Gasteiger partial charge >= 0.3 is 0 Å². The molecule has 146 valence electrons. The second-order valence-electron chi connectivity index (χ2n) is 6.19. The molecule has 27 heavy (non-hydrogen) atoms. The minimum absolute atomic E-state index is 0. The van der Waals surface area contributed by atoms with Crippen LogP contribution in [0.3, 0.4) is 0 Å². The zero-order chi connectivity index (χ0) is 18.7. The lowest BCUT2D eigenvalue weighted by molar-refractivity contribution is 0.0655. The zero-order valence-electron chi connectivity index (χ0n) is 14.7. The van der Waals surface area contributed by atoms with E-state index in [2.05, 4.69) is 10.0 Å². The van der Waals surface area contributed by atoms with Crippen molar-refractivity contribution < 1.29 is 13.2 Å². The van der Waals surface area contributed by atoms with E-state index in [-0.39, 0.29) is 29.3 Å². The Kier molecular flexibility index (Phi) is 7.11. The number of carbonyl (C=O) groups excluding carboxylic acids is 1. The Morgan fingerprint density at radius 3 is 2.37 bits per heavy atom. The Hall–Kier alpha value is -1.80. The lowest BCUT2D eigenvalue weighted by Gasteiger charge is -2.34. The first-order valence-electron chi connectivity index (χ1n) is 8.27. The molecule has 1 atom stereocenters. The third-order valence-corrected chi connectivity index (χ3v) is 5.92. The Balaban J connectivity index is 0.00000261. The molecule has 6 nitrogen and oxygen atoms in total. The first-order valence-corrected chi connectivity index (χ1v) is 10.1. The quantitative estimate of drug-likeness (QED) is 0.782. The van der Waals surface area contributed by atoms with Crippen molar-refractivity contribution >= 4 is 45.6 Å². The SMILES string of the molecule is CC1CNCCN1C(=O)c1ccc(S(=O)(=O)Nc2ccc(Cl)cc2)cc1.Cl. The number of sulfonamides is 1. The second kappa shape index (κ2) is 8.93. The Bertz CT molecular complexity index is 887. The number of carbonyl (C=O) groups is 1. The predicted molar refractivity (Wildman–Crippen MR) is 109 cm³/mol. The van der Waals surface area contributed by atoms with Crippen LogP contribution < -0.4 is 10.0 Å². The van der Waals surface area contributed by atoms with E-state index in [1.165, 1.54) is 12.1 Å². The molecule has 1 unspecified atom stereocenters. The van der Waals surface area contributed by atoms with Crippen molar-refractivity contribution in [3.8, 4) is 0 Å². The van der Waals surface area contributed by atoms with Gasteiger partial charge in [-0.1, -0.05) is 11.6 Å². The fourth-order valence-electron chi connectivity index (χ4n) is 2.82. The molecule has 1 heterocycles. The van der Waals surface area contributed by atoms with Gasteiger partial charge < -0.3 is 10.2 Å². The number of anilines is 1. The van der Waals surface area contributed by atoms with Gasteiger partial charge in [0.15, 0.2) is 0 Å². The fourth-order valence-corrected chi connectivity index (χ4v) is 4.00. The maximum Gasteiger partial charge on any atom is 0.261 e. The molecule has 2 aromatic carbocycles. The maximum atomic E-state index is 12.6. The van der Waals surface area contributed by atoms with Crippen LogP contribution in [0, 0.1) is 0 Å². The van der Waals surface area contributed by atoms with Crippen LogP contribution in [-0.2, 0) is 10.0 Å². The van der Waals surface area contributed by atoms with E-state index < -0.39 is 10.0 Å². The minimum atomic E-state index is -3.73. The largest absolute Gasteiger partial charge is 0.333 e. The standard InChI is InChI=1S/C18H20ClN3O3S.ClH/c1-13-12-20-10-11-22(13)18(23)14-2-8-17(9-3-14)26(24,25)21-16-6-4-15(19)5-7-16;/h2-9,13,20-21H,10-12H2,1H3;1H. The lowest BCUT2D eigenvalue weighted by atomic mass is 10.1. The summed E-state index contributed by atoms with van der Waals surface area (Å²) >= 11 is 5.80. The van der Waals surface area contributed by atoms with Crippen molar-refractivity contribution in [2.45, 2.75) is 17.9 Å². The first-order chi connectivity index (χ1) is 12.4. The summed E-state index contributed by atoms with van der Waals surface area (Å²) in [6.45, 7) is 4.13. The van der Waals surface area contributed by atoms with Gasteiger partial charge in [-0.05, 0) is 55.5 Å². The summed E-state index contributed by atoms with van der Waals surface area (Å²) in [5, 5.41) is 3.76. The summed E-state index contributed by atoms with van der Waals surface area (Å²) in [4.78, 5) is 14.5. The molecule has 1 amide bonds. The highest BCUT2D eigenvalue weighted by atomic mass is 35.5. The molecular formula is C18H21Cl2N3O3S. The van der Waals surface area contributed by atoms with Crippen LogP contribution in [0.2, 0.25) is 5.02 Å². The van der Waals surface area contributed by atoms with E-state index >= 15 is 0 Å². The number of halogens is 2. The zero-order valence-corrected chi connectivity index (χ0v) is 17.1. The van der Waals surface area contributed by atoms with Crippen molar-refractivity contribution in [1.29, 1.82) is 0 Å². The highest BCUT2D eigenvalue weighted by Crippen LogP contribution is 2.19. The molecule has 9 heteroatoms. The van der Waals surface area contributed by atoms with Gasteiger partial charge in [0.05, 0.1) is 4.90 Å². The Morgan fingerprint density at radius 2 is 1.78 bits per heavy atom. The molecule has 0 saturated carbocycles. The van der Waals surface area contributed by atoms with Crippen molar-refractivity contribution in [2.24, 2.45) is 0 Å². The molecule has 0 aliphatic carbocycles. The number of rotatable bonds is 4. The highest BCUT2D eigenvalue weighted by Gasteiger charge is 2.24. The van der Waals surface area contributed by atoms with Crippen molar-refractivity contribution in [1.82, 2.24) is 10.2 Å². The maximum absolute atomic E-state index is 12.6. The van der Waals surface area contributed by atoms with Crippen molar-refractivity contribution in [3.63, 3.8) is 0 Å². The number of benzene rings is 2. The minimum Gasteiger partial charge on any atom is -0.333 e. The van der Waals surface area contributed by atoms with Gasteiger partial charge in [-0.25, -0.2) is 8.42 Å². The molecule has 2 N–H and O–H groups in total. The van der Waals surface area contributed by atoms with Crippen molar-refractivity contribution in [2.75, 3.05) is 24.4 Å². The van der Waals surface area contributed by atoms with Crippen LogP contribution in [0.5, 0.6) is 0 Å². The molecule has 0 aromatic heterocycles. The predicted octanol–water partition coefficient (Wildman–Crippen LogP) is 3.00. The molecule has 1 aliphatic heterocycles. The molecule has 2 aromatic rings. The third-order valence-electron chi connectivity index (χ3n) is 4.27. The molecule has 1 fully saturated rings. The number of nitrogens with one attached hydrogen (secondary N) is 2. The molecule has 1 aliphatic rings. The molecule has 0 spiro atoms. The number of hydrogen-bond acceptors (Lipinski definition) is 4. The van der Waals surface area contributed by atoms with Gasteiger partial charge in [0.25, 0.3) is 15.9 Å².